The summed E-state index contributed by atoms with van der Waals surface area (Å²) in [5.74, 6) is 1.20. The number of carbonyl (C=O) groups is 1. The number of thiophene rings is 1. The third-order valence-corrected chi connectivity index (χ3v) is 5.59. The van der Waals surface area contributed by atoms with Gasteiger partial charge in [0.1, 0.15) is 0 Å². The van der Waals surface area contributed by atoms with E-state index in [1.165, 1.54) is 4.88 Å². The van der Waals surface area contributed by atoms with Crippen LogP contribution in [0.3, 0.4) is 0 Å². The number of aromatic nitrogens is 1. The zero-order chi connectivity index (χ0) is 21.5. The van der Waals surface area contributed by atoms with E-state index in [0.717, 1.165) is 23.5 Å². The summed E-state index contributed by atoms with van der Waals surface area (Å²) in [7, 11) is 1.59. The highest BCUT2D eigenvalue weighted by atomic mass is 32.1. The molecule has 158 valence electrons. The Morgan fingerprint density at radius 2 is 2.03 bits per heavy atom. The molecule has 0 fully saturated rings. The largest absolute Gasteiger partial charge is 0.493 e. The summed E-state index contributed by atoms with van der Waals surface area (Å²) in [6, 6.07) is 11.5. The van der Waals surface area contributed by atoms with E-state index in [-0.39, 0.29) is 12.4 Å². The van der Waals surface area contributed by atoms with E-state index in [9.17, 15) is 4.79 Å². The number of benzene rings is 1. The molecule has 0 saturated heterocycles. The molecule has 7 heteroatoms. The molecular formula is C23H26N2O4S. The van der Waals surface area contributed by atoms with Gasteiger partial charge in [0.05, 0.1) is 26.5 Å². The first-order valence-corrected chi connectivity index (χ1v) is 10.6. The molecule has 0 bridgehead atoms. The lowest BCUT2D eigenvalue weighted by molar-refractivity contribution is 0.0778. The van der Waals surface area contributed by atoms with Crippen molar-refractivity contribution in [1.82, 2.24) is 4.57 Å². The number of ketones is 1. The van der Waals surface area contributed by atoms with Crippen LogP contribution in [0.15, 0.2) is 46.9 Å². The monoisotopic (exact) mass is 426 g/mol. The second kappa shape index (κ2) is 10.1. The Kier molecular flexibility index (Phi) is 7.30. The van der Waals surface area contributed by atoms with Crippen LogP contribution in [0.2, 0.25) is 0 Å². The van der Waals surface area contributed by atoms with Crippen LogP contribution < -0.4 is 9.47 Å². The van der Waals surface area contributed by atoms with Crippen LogP contribution in [-0.2, 0) is 11.4 Å². The second-order valence-electron chi connectivity index (χ2n) is 6.72. The molecular weight excluding hydrogens is 400 g/mol. The number of Topliss-reactive ketones (excluding diaryl/α,β-unsaturated/α-hetero) is 1. The van der Waals surface area contributed by atoms with Gasteiger partial charge in [0, 0.05) is 27.4 Å². The number of hydrogen-bond acceptors (Lipinski definition) is 6. The predicted octanol–water partition coefficient (Wildman–Crippen LogP) is 4.86. The van der Waals surface area contributed by atoms with Crippen molar-refractivity contribution in [2.75, 3.05) is 20.3 Å². The molecule has 0 amide bonds. The summed E-state index contributed by atoms with van der Waals surface area (Å²) in [5, 5.41) is 5.99. The minimum atomic E-state index is -0.117. The van der Waals surface area contributed by atoms with Crippen molar-refractivity contribution >= 4 is 23.3 Å². The minimum Gasteiger partial charge on any atom is -0.493 e. The number of rotatable bonds is 10. The fraction of sp³-hybridized carbons (Fsp3) is 0.304. The Morgan fingerprint density at radius 1 is 1.20 bits per heavy atom. The van der Waals surface area contributed by atoms with Crippen LogP contribution in [0.5, 0.6) is 11.5 Å². The maximum absolute atomic E-state index is 12.6. The van der Waals surface area contributed by atoms with Crippen molar-refractivity contribution in [2.45, 2.75) is 27.3 Å². The van der Waals surface area contributed by atoms with E-state index in [1.54, 1.807) is 30.7 Å². The molecule has 3 rings (SSSR count). The van der Waals surface area contributed by atoms with Crippen LogP contribution in [-0.4, -0.2) is 36.9 Å². The number of oxime groups is 1. The van der Waals surface area contributed by atoms with E-state index in [2.05, 4.69) is 21.2 Å². The summed E-state index contributed by atoms with van der Waals surface area (Å²) in [4.78, 5) is 19.1. The predicted molar refractivity (Wildman–Crippen MR) is 119 cm³/mol. The van der Waals surface area contributed by atoms with Gasteiger partial charge >= 0.3 is 0 Å². The van der Waals surface area contributed by atoms with Gasteiger partial charge in [0.2, 0.25) is 5.78 Å². The molecule has 2 aromatic heterocycles. The zero-order valence-corrected chi connectivity index (χ0v) is 18.5. The van der Waals surface area contributed by atoms with Gasteiger partial charge in [-0.2, -0.15) is 0 Å². The average Bonchev–Trinajstić information content (AvgIpc) is 3.36. The normalized spacial score (nSPS) is 11.1. The van der Waals surface area contributed by atoms with E-state index >= 15 is 0 Å². The number of nitrogens with zero attached hydrogens (tertiary/aromatic N) is 2. The van der Waals surface area contributed by atoms with Crippen LogP contribution in [0.1, 0.15) is 39.1 Å². The Labute approximate surface area is 180 Å². The first-order valence-electron chi connectivity index (χ1n) is 9.72. The fourth-order valence-corrected chi connectivity index (χ4v) is 3.89. The lowest BCUT2D eigenvalue weighted by atomic mass is 10.1. The molecule has 1 aromatic carbocycles. The van der Waals surface area contributed by atoms with Gasteiger partial charge in [0.15, 0.2) is 18.1 Å². The molecule has 0 unspecified atom stereocenters. The van der Waals surface area contributed by atoms with E-state index < -0.39 is 0 Å². The fourth-order valence-electron chi connectivity index (χ4n) is 3.20. The zero-order valence-electron chi connectivity index (χ0n) is 17.7. The maximum Gasteiger partial charge on any atom is 0.204 e. The molecule has 0 saturated carbocycles. The van der Waals surface area contributed by atoms with Gasteiger partial charge in [-0.15, -0.1) is 11.3 Å². The average molecular weight is 427 g/mol. The highest BCUT2D eigenvalue weighted by Crippen LogP contribution is 2.27. The van der Waals surface area contributed by atoms with Gasteiger partial charge in [-0.1, -0.05) is 11.2 Å². The van der Waals surface area contributed by atoms with Crippen molar-refractivity contribution in [3.05, 3.63) is 69.2 Å². The molecule has 2 heterocycles. The van der Waals surface area contributed by atoms with Gasteiger partial charge < -0.3 is 18.9 Å². The molecule has 6 nitrogen and oxygen atoms in total. The number of carbonyl (C=O) groups excluding carboxylic acids is 1. The van der Waals surface area contributed by atoms with Gasteiger partial charge in [-0.25, -0.2) is 0 Å². The van der Waals surface area contributed by atoms with E-state index in [4.69, 9.17) is 14.3 Å². The summed E-state index contributed by atoms with van der Waals surface area (Å²) in [5.41, 5.74) is 3.45. The maximum atomic E-state index is 12.6. The quantitative estimate of drug-likeness (QED) is 0.264. The Balaban J connectivity index is 1.61. The van der Waals surface area contributed by atoms with Gasteiger partial charge in [0.25, 0.3) is 0 Å². The third kappa shape index (κ3) is 5.10. The molecule has 0 spiro atoms. The first kappa shape index (κ1) is 21.6. The molecule has 0 aliphatic carbocycles. The van der Waals surface area contributed by atoms with Crippen molar-refractivity contribution in [1.29, 1.82) is 0 Å². The lowest BCUT2D eigenvalue weighted by Gasteiger charge is -2.09. The minimum absolute atomic E-state index is 0.0954. The summed E-state index contributed by atoms with van der Waals surface area (Å²) in [6.07, 6.45) is 1.55. The SMILES string of the molecule is CCOc1ccc(/C=N/OCC(=O)c2cc(C)n(Cc3cccs3)c2C)cc1OC. The van der Waals surface area contributed by atoms with Gasteiger partial charge in [-0.3, -0.25) is 4.79 Å². The number of ether oxygens (including phenoxy) is 2. The van der Waals surface area contributed by atoms with E-state index in [0.29, 0.717) is 23.7 Å². The summed E-state index contributed by atoms with van der Waals surface area (Å²) in [6.45, 7) is 7.09. The smallest absolute Gasteiger partial charge is 0.204 e. The van der Waals surface area contributed by atoms with Crippen LogP contribution in [0, 0.1) is 13.8 Å². The Hall–Kier alpha value is -3.06. The van der Waals surface area contributed by atoms with E-state index in [1.807, 2.05) is 45.0 Å². The highest BCUT2D eigenvalue weighted by molar-refractivity contribution is 7.09. The number of methoxy groups -OCH3 is 1. The first-order chi connectivity index (χ1) is 14.5. The number of aryl methyl sites for hydroxylation is 1. The third-order valence-electron chi connectivity index (χ3n) is 4.73. The topological polar surface area (TPSA) is 62.0 Å². The summed E-state index contributed by atoms with van der Waals surface area (Å²) >= 11 is 1.71. The molecule has 3 aromatic rings. The van der Waals surface area contributed by atoms with Crippen molar-refractivity contribution in [2.24, 2.45) is 5.16 Å². The summed E-state index contributed by atoms with van der Waals surface area (Å²) < 4.78 is 13.0. The van der Waals surface area contributed by atoms with Crippen molar-refractivity contribution in [3.8, 4) is 11.5 Å². The van der Waals surface area contributed by atoms with Crippen molar-refractivity contribution < 1.29 is 19.1 Å². The molecule has 0 aliphatic heterocycles. The Bertz CT molecular complexity index is 1020. The van der Waals surface area contributed by atoms with Crippen LogP contribution in [0.4, 0.5) is 0 Å². The molecule has 0 aliphatic rings. The molecule has 0 radical (unpaired) electrons. The second-order valence-corrected chi connectivity index (χ2v) is 7.76. The molecule has 30 heavy (non-hydrogen) atoms. The lowest BCUT2D eigenvalue weighted by Crippen LogP contribution is -2.09. The van der Waals surface area contributed by atoms with Crippen molar-refractivity contribution in [3.63, 3.8) is 0 Å². The number of hydrogen-bond donors (Lipinski definition) is 0. The van der Waals surface area contributed by atoms with Gasteiger partial charge in [-0.05, 0) is 56.5 Å². The molecule has 0 atom stereocenters. The standard InChI is InChI=1S/C23H26N2O4S/c1-5-28-22-9-8-18(12-23(22)27-4)13-24-29-15-21(26)20-11-16(2)25(17(20)3)14-19-7-6-10-30-19/h6-13H,5,14-15H2,1-4H3/b24-13+. The Morgan fingerprint density at radius 3 is 2.73 bits per heavy atom. The van der Waals surface area contributed by atoms with Crippen LogP contribution in [0.25, 0.3) is 0 Å². The molecule has 0 N–H and O–H groups in total. The van der Waals surface area contributed by atoms with Crippen LogP contribution >= 0.6 is 11.3 Å². The highest BCUT2D eigenvalue weighted by Gasteiger charge is 2.16.